The standard InChI is InChI=1S/C20H11Cl3N2O/c21-15-6-2-1-5-14(15)20-25-17-10-13(8-9-18(17)26-20)24-11-12-4-3-7-16(22)19(12)23/h1-11H. The van der Waals surface area contributed by atoms with Crippen molar-refractivity contribution >= 4 is 57.8 Å². The van der Waals surface area contributed by atoms with Gasteiger partial charge in [-0.15, -0.1) is 0 Å². The Hall–Kier alpha value is -2.33. The molecule has 0 atom stereocenters. The molecule has 0 radical (unpaired) electrons. The summed E-state index contributed by atoms with van der Waals surface area (Å²) in [5, 5.41) is 1.56. The van der Waals surface area contributed by atoms with Gasteiger partial charge in [0.15, 0.2) is 5.58 Å². The largest absolute Gasteiger partial charge is 0.436 e. The molecule has 128 valence electrons. The molecule has 26 heavy (non-hydrogen) atoms. The predicted octanol–water partition coefficient (Wildman–Crippen LogP) is 7.21. The molecule has 1 heterocycles. The van der Waals surface area contributed by atoms with Gasteiger partial charge in [0.1, 0.15) is 5.52 Å². The number of aliphatic imine (C=N–C) groups is 1. The molecule has 0 amide bonds. The third-order valence-electron chi connectivity index (χ3n) is 3.81. The van der Waals surface area contributed by atoms with Crippen LogP contribution in [0.25, 0.3) is 22.6 Å². The van der Waals surface area contributed by atoms with E-state index in [0.717, 1.165) is 16.8 Å². The van der Waals surface area contributed by atoms with E-state index in [1.165, 1.54) is 0 Å². The fourth-order valence-electron chi connectivity index (χ4n) is 2.51. The van der Waals surface area contributed by atoms with Crippen molar-refractivity contribution in [2.45, 2.75) is 0 Å². The molecule has 0 fully saturated rings. The molecule has 0 N–H and O–H groups in total. The van der Waals surface area contributed by atoms with Crippen molar-refractivity contribution in [1.29, 1.82) is 0 Å². The summed E-state index contributed by atoms with van der Waals surface area (Å²) in [7, 11) is 0. The van der Waals surface area contributed by atoms with Crippen LogP contribution >= 0.6 is 34.8 Å². The van der Waals surface area contributed by atoms with Crippen LogP contribution in [0.15, 0.2) is 70.1 Å². The number of fused-ring (bicyclic) bond motifs is 1. The van der Waals surface area contributed by atoms with E-state index in [2.05, 4.69) is 9.98 Å². The van der Waals surface area contributed by atoms with Gasteiger partial charge in [-0.25, -0.2) is 4.98 Å². The zero-order valence-electron chi connectivity index (χ0n) is 13.3. The van der Waals surface area contributed by atoms with Crippen LogP contribution in [-0.2, 0) is 0 Å². The average Bonchev–Trinajstić information content (AvgIpc) is 3.06. The van der Waals surface area contributed by atoms with Gasteiger partial charge in [-0.1, -0.05) is 59.1 Å². The molecule has 0 aliphatic heterocycles. The maximum absolute atomic E-state index is 6.22. The highest BCUT2D eigenvalue weighted by Crippen LogP contribution is 2.31. The van der Waals surface area contributed by atoms with E-state index in [-0.39, 0.29) is 0 Å². The Morgan fingerprint density at radius 1 is 0.885 bits per heavy atom. The topological polar surface area (TPSA) is 38.4 Å². The van der Waals surface area contributed by atoms with Crippen molar-refractivity contribution < 1.29 is 4.42 Å². The summed E-state index contributed by atoms with van der Waals surface area (Å²) in [4.78, 5) is 8.97. The number of nitrogens with zero attached hydrogens (tertiary/aromatic N) is 2. The summed E-state index contributed by atoms with van der Waals surface area (Å²) in [6, 6.07) is 18.3. The number of rotatable bonds is 3. The fourth-order valence-corrected chi connectivity index (χ4v) is 3.08. The first-order valence-electron chi connectivity index (χ1n) is 7.75. The molecular weight excluding hydrogens is 391 g/mol. The monoisotopic (exact) mass is 400 g/mol. The molecule has 1 aromatic heterocycles. The number of benzene rings is 3. The Kier molecular flexibility index (Phi) is 4.68. The third-order valence-corrected chi connectivity index (χ3v) is 4.97. The van der Waals surface area contributed by atoms with Crippen molar-refractivity contribution in [2.24, 2.45) is 4.99 Å². The molecule has 0 aliphatic rings. The second kappa shape index (κ2) is 7.12. The first-order chi connectivity index (χ1) is 12.6. The van der Waals surface area contributed by atoms with Gasteiger partial charge in [0.05, 0.1) is 26.3 Å². The quantitative estimate of drug-likeness (QED) is 0.340. The maximum atomic E-state index is 6.22. The van der Waals surface area contributed by atoms with Crippen molar-refractivity contribution in [3.63, 3.8) is 0 Å². The summed E-state index contributed by atoms with van der Waals surface area (Å²) in [5.41, 5.74) is 3.59. The molecule has 0 saturated heterocycles. The normalized spacial score (nSPS) is 11.5. The van der Waals surface area contributed by atoms with Crippen LogP contribution in [0.3, 0.4) is 0 Å². The molecule has 4 rings (SSSR count). The number of halogens is 3. The lowest BCUT2D eigenvalue weighted by Crippen LogP contribution is -1.83. The number of hydrogen-bond acceptors (Lipinski definition) is 3. The van der Waals surface area contributed by atoms with Crippen LogP contribution in [0.5, 0.6) is 0 Å². The highest BCUT2D eigenvalue weighted by Gasteiger charge is 2.11. The van der Waals surface area contributed by atoms with E-state index < -0.39 is 0 Å². The highest BCUT2D eigenvalue weighted by molar-refractivity contribution is 6.43. The molecule has 3 aromatic carbocycles. The van der Waals surface area contributed by atoms with Crippen LogP contribution in [0.4, 0.5) is 5.69 Å². The zero-order chi connectivity index (χ0) is 18.1. The van der Waals surface area contributed by atoms with Crippen molar-refractivity contribution in [3.8, 4) is 11.5 Å². The maximum Gasteiger partial charge on any atom is 0.228 e. The minimum absolute atomic E-state index is 0.474. The molecule has 4 aromatic rings. The summed E-state index contributed by atoms with van der Waals surface area (Å²) in [5.74, 6) is 0.476. The third kappa shape index (κ3) is 3.34. The summed E-state index contributed by atoms with van der Waals surface area (Å²) in [6.45, 7) is 0. The Morgan fingerprint density at radius 3 is 2.54 bits per heavy atom. The zero-order valence-corrected chi connectivity index (χ0v) is 15.6. The summed E-state index contributed by atoms with van der Waals surface area (Å²) < 4.78 is 5.80. The van der Waals surface area contributed by atoms with Crippen LogP contribution in [0.1, 0.15) is 5.56 Å². The van der Waals surface area contributed by atoms with Gasteiger partial charge < -0.3 is 4.42 Å². The Balaban J connectivity index is 1.69. The first kappa shape index (κ1) is 17.1. The second-order valence-corrected chi connectivity index (χ2v) is 6.74. The van der Waals surface area contributed by atoms with E-state index in [4.69, 9.17) is 39.2 Å². The second-order valence-electron chi connectivity index (χ2n) is 5.55. The number of oxazole rings is 1. The fraction of sp³-hybridized carbons (Fsp3) is 0. The van der Waals surface area contributed by atoms with Crippen LogP contribution < -0.4 is 0 Å². The van der Waals surface area contributed by atoms with Gasteiger partial charge in [-0.3, -0.25) is 4.99 Å². The lowest BCUT2D eigenvalue weighted by molar-refractivity contribution is 0.620. The Bertz CT molecular complexity index is 1140. The number of hydrogen-bond donors (Lipinski definition) is 0. The smallest absolute Gasteiger partial charge is 0.228 e. The molecular formula is C20H11Cl3N2O. The molecule has 0 bridgehead atoms. The molecule has 3 nitrogen and oxygen atoms in total. The Morgan fingerprint density at radius 2 is 1.69 bits per heavy atom. The first-order valence-corrected chi connectivity index (χ1v) is 8.89. The van der Waals surface area contributed by atoms with Crippen molar-refractivity contribution in [3.05, 3.63) is 81.3 Å². The van der Waals surface area contributed by atoms with Gasteiger partial charge in [-0.2, -0.15) is 0 Å². The van der Waals surface area contributed by atoms with Crippen LogP contribution in [0.2, 0.25) is 15.1 Å². The van der Waals surface area contributed by atoms with Crippen molar-refractivity contribution in [1.82, 2.24) is 4.98 Å². The van der Waals surface area contributed by atoms with Gasteiger partial charge in [0.25, 0.3) is 0 Å². The average molecular weight is 402 g/mol. The molecule has 0 saturated carbocycles. The van der Waals surface area contributed by atoms with E-state index >= 15 is 0 Å². The number of aromatic nitrogens is 1. The van der Waals surface area contributed by atoms with Crippen LogP contribution in [0, 0.1) is 0 Å². The molecule has 0 unspecified atom stereocenters. The predicted molar refractivity (Wildman–Crippen MR) is 108 cm³/mol. The SMILES string of the molecule is Clc1ccccc1-c1nc2cc(N=Cc3cccc(Cl)c3Cl)ccc2o1. The van der Waals surface area contributed by atoms with Gasteiger partial charge >= 0.3 is 0 Å². The molecule has 0 spiro atoms. The summed E-state index contributed by atoms with van der Waals surface area (Å²) >= 11 is 18.4. The minimum Gasteiger partial charge on any atom is -0.436 e. The Labute approximate surface area is 164 Å². The van der Waals surface area contributed by atoms with Crippen molar-refractivity contribution in [2.75, 3.05) is 0 Å². The van der Waals surface area contributed by atoms with E-state index in [9.17, 15) is 0 Å². The molecule has 6 heteroatoms. The van der Waals surface area contributed by atoms with Gasteiger partial charge in [0.2, 0.25) is 5.89 Å². The minimum atomic E-state index is 0.474. The lowest BCUT2D eigenvalue weighted by Gasteiger charge is -1.99. The molecule has 0 aliphatic carbocycles. The summed E-state index contributed by atoms with van der Waals surface area (Å²) in [6.07, 6.45) is 1.67. The van der Waals surface area contributed by atoms with E-state index in [1.54, 1.807) is 18.3 Å². The highest BCUT2D eigenvalue weighted by atomic mass is 35.5. The van der Waals surface area contributed by atoms with Crippen LogP contribution in [-0.4, -0.2) is 11.2 Å². The van der Waals surface area contributed by atoms with E-state index in [1.807, 2.05) is 48.5 Å². The van der Waals surface area contributed by atoms with E-state index in [0.29, 0.717) is 32.1 Å². The van der Waals surface area contributed by atoms with Gasteiger partial charge in [0, 0.05) is 11.8 Å². The van der Waals surface area contributed by atoms with Gasteiger partial charge in [-0.05, 0) is 36.4 Å². The lowest BCUT2D eigenvalue weighted by atomic mass is 10.2.